The van der Waals surface area contributed by atoms with Crippen molar-refractivity contribution in [1.82, 2.24) is 4.90 Å². The van der Waals surface area contributed by atoms with Crippen molar-refractivity contribution < 1.29 is 4.79 Å². The van der Waals surface area contributed by atoms with E-state index in [0.29, 0.717) is 17.3 Å². The molecule has 2 nitrogen and oxygen atoms in total. The van der Waals surface area contributed by atoms with Crippen molar-refractivity contribution in [2.45, 2.75) is 41.0 Å². The molecule has 0 unspecified atom stereocenters. The summed E-state index contributed by atoms with van der Waals surface area (Å²) in [5.41, 5.74) is 0.322. The molecule has 0 N–H and O–H groups in total. The fourth-order valence-electron chi connectivity index (χ4n) is 2.24. The number of carbonyl (C=O) groups excluding carboxylic acids is 1. The number of amides is 1. The van der Waals surface area contributed by atoms with Gasteiger partial charge in [-0.2, -0.15) is 0 Å². The lowest BCUT2D eigenvalue weighted by atomic mass is 9.74. The summed E-state index contributed by atoms with van der Waals surface area (Å²) in [6, 6.07) is 0. The van der Waals surface area contributed by atoms with Gasteiger partial charge in [0, 0.05) is 20.0 Å². The van der Waals surface area contributed by atoms with Gasteiger partial charge in [0.2, 0.25) is 5.91 Å². The van der Waals surface area contributed by atoms with Gasteiger partial charge in [-0.25, -0.2) is 0 Å². The highest BCUT2D eigenvalue weighted by Gasteiger charge is 2.33. The van der Waals surface area contributed by atoms with Gasteiger partial charge in [0.25, 0.3) is 0 Å². The fourth-order valence-corrected chi connectivity index (χ4v) is 2.24. The zero-order valence-corrected chi connectivity index (χ0v) is 10.1. The summed E-state index contributed by atoms with van der Waals surface area (Å²) in [6.45, 7) is 12.6. The van der Waals surface area contributed by atoms with Gasteiger partial charge in [-0.1, -0.05) is 27.7 Å². The second kappa shape index (κ2) is 3.92. The predicted octanol–water partition coefficient (Wildman–Crippen LogP) is 2.54. The Bertz CT molecular complexity index is 217. The minimum atomic E-state index is 0.228. The Kier molecular flexibility index (Phi) is 3.23. The van der Waals surface area contributed by atoms with Crippen LogP contribution in [0.1, 0.15) is 41.0 Å². The van der Waals surface area contributed by atoms with Gasteiger partial charge >= 0.3 is 0 Å². The molecule has 0 spiro atoms. The van der Waals surface area contributed by atoms with Crippen LogP contribution in [-0.4, -0.2) is 23.9 Å². The standard InChI is InChI=1S/C12H23NO/c1-9-6-11(12(3,4)5)8-13(7-9)10(2)14/h9,11H,6-8H2,1-5H3/t9-,11-/m0/s1. The normalized spacial score (nSPS) is 29.1. The minimum absolute atomic E-state index is 0.228. The van der Waals surface area contributed by atoms with Crippen LogP contribution in [0.25, 0.3) is 0 Å². The monoisotopic (exact) mass is 197 g/mol. The van der Waals surface area contributed by atoms with Gasteiger partial charge in [-0.15, -0.1) is 0 Å². The molecule has 2 atom stereocenters. The maximum Gasteiger partial charge on any atom is 0.219 e. The molecule has 1 aliphatic rings. The Morgan fingerprint density at radius 1 is 1.29 bits per heavy atom. The number of hydrogen-bond acceptors (Lipinski definition) is 1. The van der Waals surface area contributed by atoms with Crippen molar-refractivity contribution in [2.24, 2.45) is 17.3 Å². The molecule has 1 heterocycles. The van der Waals surface area contributed by atoms with E-state index in [1.165, 1.54) is 6.42 Å². The number of piperidine rings is 1. The van der Waals surface area contributed by atoms with Crippen molar-refractivity contribution in [1.29, 1.82) is 0 Å². The SMILES string of the molecule is CC(=O)N1C[C@@H](C)C[C@H](C(C)(C)C)C1. The van der Waals surface area contributed by atoms with Crippen molar-refractivity contribution in [3.63, 3.8) is 0 Å². The van der Waals surface area contributed by atoms with Crippen molar-refractivity contribution in [3.05, 3.63) is 0 Å². The van der Waals surface area contributed by atoms with Crippen LogP contribution < -0.4 is 0 Å². The highest BCUT2D eigenvalue weighted by atomic mass is 16.2. The highest BCUT2D eigenvalue weighted by molar-refractivity contribution is 5.73. The molecule has 1 amide bonds. The molecule has 1 fully saturated rings. The topological polar surface area (TPSA) is 20.3 Å². The molecule has 0 saturated carbocycles. The van der Waals surface area contributed by atoms with E-state index in [9.17, 15) is 4.79 Å². The summed E-state index contributed by atoms with van der Waals surface area (Å²) in [4.78, 5) is 13.3. The van der Waals surface area contributed by atoms with E-state index in [-0.39, 0.29) is 5.91 Å². The average Bonchev–Trinajstić information content (AvgIpc) is 2.01. The van der Waals surface area contributed by atoms with Gasteiger partial charge in [0.15, 0.2) is 0 Å². The molecule has 0 aromatic carbocycles. The molecule has 1 saturated heterocycles. The third kappa shape index (κ3) is 2.73. The molecule has 0 bridgehead atoms. The Morgan fingerprint density at radius 3 is 2.29 bits per heavy atom. The lowest BCUT2D eigenvalue weighted by Gasteiger charge is -2.42. The van der Waals surface area contributed by atoms with E-state index in [1.807, 2.05) is 4.90 Å². The molecular weight excluding hydrogens is 174 g/mol. The van der Waals surface area contributed by atoms with Crippen LogP contribution in [0.5, 0.6) is 0 Å². The van der Waals surface area contributed by atoms with E-state index < -0.39 is 0 Å². The third-order valence-corrected chi connectivity index (χ3v) is 3.33. The summed E-state index contributed by atoms with van der Waals surface area (Å²) in [6.07, 6.45) is 1.26. The van der Waals surface area contributed by atoms with Gasteiger partial charge in [-0.05, 0) is 23.7 Å². The molecule has 0 radical (unpaired) electrons. The highest BCUT2D eigenvalue weighted by Crippen LogP contribution is 2.35. The van der Waals surface area contributed by atoms with Crippen LogP contribution in [0.15, 0.2) is 0 Å². The number of nitrogens with zero attached hydrogens (tertiary/aromatic N) is 1. The number of rotatable bonds is 0. The summed E-state index contributed by atoms with van der Waals surface area (Å²) < 4.78 is 0. The Morgan fingerprint density at radius 2 is 1.86 bits per heavy atom. The molecule has 82 valence electrons. The van der Waals surface area contributed by atoms with Gasteiger partial charge in [-0.3, -0.25) is 4.79 Å². The van der Waals surface area contributed by atoms with E-state index >= 15 is 0 Å². The first-order chi connectivity index (χ1) is 6.30. The Hall–Kier alpha value is -0.530. The Labute approximate surface area is 87.7 Å². The average molecular weight is 197 g/mol. The van der Waals surface area contributed by atoms with Crippen LogP contribution in [0.2, 0.25) is 0 Å². The van der Waals surface area contributed by atoms with Crippen LogP contribution in [-0.2, 0) is 4.79 Å². The van der Waals surface area contributed by atoms with Crippen LogP contribution >= 0.6 is 0 Å². The third-order valence-electron chi connectivity index (χ3n) is 3.33. The molecule has 1 aliphatic heterocycles. The largest absolute Gasteiger partial charge is 0.342 e. The van der Waals surface area contributed by atoms with Crippen molar-refractivity contribution >= 4 is 5.91 Å². The first-order valence-electron chi connectivity index (χ1n) is 5.56. The quantitative estimate of drug-likeness (QED) is 0.584. The minimum Gasteiger partial charge on any atom is -0.342 e. The summed E-state index contributed by atoms with van der Waals surface area (Å²) >= 11 is 0. The fraction of sp³-hybridized carbons (Fsp3) is 0.917. The maximum atomic E-state index is 11.3. The predicted molar refractivity (Wildman–Crippen MR) is 59.0 cm³/mol. The summed E-state index contributed by atoms with van der Waals surface area (Å²) in [5.74, 6) is 1.53. The van der Waals surface area contributed by atoms with E-state index in [1.54, 1.807) is 6.92 Å². The van der Waals surface area contributed by atoms with Crippen molar-refractivity contribution in [2.75, 3.05) is 13.1 Å². The molecule has 0 aliphatic carbocycles. The first kappa shape index (κ1) is 11.5. The van der Waals surface area contributed by atoms with Crippen LogP contribution in [0.3, 0.4) is 0 Å². The zero-order chi connectivity index (χ0) is 10.9. The van der Waals surface area contributed by atoms with E-state index in [2.05, 4.69) is 27.7 Å². The zero-order valence-electron chi connectivity index (χ0n) is 10.1. The number of hydrogen-bond donors (Lipinski definition) is 0. The first-order valence-corrected chi connectivity index (χ1v) is 5.56. The second-order valence-electron chi connectivity index (χ2n) is 5.83. The molecule has 2 heteroatoms. The van der Waals surface area contributed by atoms with Crippen LogP contribution in [0.4, 0.5) is 0 Å². The molecule has 0 aromatic heterocycles. The van der Waals surface area contributed by atoms with Crippen LogP contribution in [0, 0.1) is 17.3 Å². The van der Waals surface area contributed by atoms with Gasteiger partial charge in [0.1, 0.15) is 0 Å². The lowest BCUT2D eigenvalue weighted by molar-refractivity contribution is -0.132. The molecule has 1 rings (SSSR count). The number of likely N-dealkylation sites (tertiary alicyclic amines) is 1. The molecule has 0 aromatic rings. The van der Waals surface area contributed by atoms with Gasteiger partial charge < -0.3 is 4.90 Å². The van der Waals surface area contributed by atoms with E-state index in [0.717, 1.165) is 13.1 Å². The summed E-state index contributed by atoms with van der Waals surface area (Å²) in [7, 11) is 0. The van der Waals surface area contributed by atoms with Crippen molar-refractivity contribution in [3.8, 4) is 0 Å². The summed E-state index contributed by atoms with van der Waals surface area (Å²) in [5, 5.41) is 0. The Balaban J connectivity index is 2.68. The second-order valence-corrected chi connectivity index (χ2v) is 5.83. The maximum absolute atomic E-state index is 11.3. The lowest BCUT2D eigenvalue weighted by Crippen LogP contribution is -2.45. The van der Waals surface area contributed by atoms with E-state index in [4.69, 9.17) is 0 Å². The van der Waals surface area contributed by atoms with Gasteiger partial charge in [0.05, 0.1) is 0 Å². The smallest absolute Gasteiger partial charge is 0.219 e. The molecular formula is C12H23NO. The molecule has 14 heavy (non-hydrogen) atoms. The number of carbonyl (C=O) groups is 1.